The Morgan fingerprint density at radius 1 is 1.20 bits per heavy atom. The van der Waals surface area contributed by atoms with Gasteiger partial charge in [-0.3, -0.25) is 0 Å². The van der Waals surface area contributed by atoms with E-state index in [-0.39, 0.29) is 0 Å². The molecule has 2 rings (SSSR count). The number of allylic oxidation sites excluding steroid dienone is 1. The van der Waals surface area contributed by atoms with Crippen molar-refractivity contribution in [3.8, 4) is 0 Å². The largest absolute Gasteiger partial charge is 0.368 e. The van der Waals surface area contributed by atoms with Crippen molar-refractivity contribution in [3.05, 3.63) is 59.5 Å². The summed E-state index contributed by atoms with van der Waals surface area (Å²) in [4.78, 5) is 2.22. The average Bonchev–Trinajstić information content (AvgIpc) is 2.29. The minimum absolute atomic E-state index is 0.986. The van der Waals surface area contributed by atoms with Crippen LogP contribution in [0.3, 0.4) is 0 Å². The van der Waals surface area contributed by atoms with Crippen molar-refractivity contribution in [2.75, 3.05) is 13.6 Å². The summed E-state index contributed by atoms with van der Waals surface area (Å²) in [5.74, 6) is 0. The number of hydrogen-bond acceptors (Lipinski definition) is 1. The van der Waals surface area contributed by atoms with Crippen molar-refractivity contribution in [1.29, 1.82) is 0 Å². The smallest absolute Gasteiger partial charge is 0.0602 e. The highest BCUT2D eigenvalue weighted by molar-refractivity contribution is 5.48. The summed E-state index contributed by atoms with van der Waals surface area (Å²) < 4.78 is 0. The molecule has 0 atom stereocenters. The van der Waals surface area contributed by atoms with Gasteiger partial charge in [0.15, 0.2) is 0 Å². The molecule has 1 heterocycles. The average molecular weight is 197 g/mol. The Labute approximate surface area is 91.0 Å². The maximum Gasteiger partial charge on any atom is 0.0602 e. The Hall–Kier alpha value is -1.72. The topological polar surface area (TPSA) is 3.24 Å². The Morgan fingerprint density at radius 3 is 2.73 bits per heavy atom. The van der Waals surface area contributed by atoms with Crippen LogP contribution in [0.25, 0.3) is 6.08 Å². The molecular formula is C14H15N. The monoisotopic (exact) mass is 197 g/mol. The first-order valence-electron chi connectivity index (χ1n) is 5.23. The summed E-state index contributed by atoms with van der Waals surface area (Å²) in [5, 5.41) is 0. The van der Waals surface area contributed by atoms with Crippen molar-refractivity contribution in [1.82, 2.24) is 4.90 Å². The maximum atomic E-state index is 3.35. The first-order chi connectivity index (χ1) is 7.36. The van der Waals surface area contributed by atoms with E-state index in [1.165, 1.54) is 11.3 Å². The van der Waals surface area contributed by atoms with Crippen molar-refractivity contribution in [2.24, 2.45) is 0 Å². The van der Waals surface area contributed by atoms with Crippen LogP contribution in [-0.4, -0.2) is 18.5 Å². The van der Waals surface area contributed by atoms with Crippen molar-refractivity contribution >= 4 is 6.08 Å². The normalized spacial score (nSPS) is 15.0. The number of likely N-dealkylation sites (N-methyl/N-ethyl adjacent to an activating group) is 1. The lowest BCUT2D eigenvalue weighted by Gasteiger charge is -2.21. The van der Waals surface area contributed by atoms with Gasteiger partial charge in [0.1, 0.15) is 0 Å². The zero-order valence-corrected chi connectivity index (χ0v) is 8.98. The molecule has 0 saturated heterocycles. The molecule has 0 amide bonds. The van der Waals surface area contributed by atoms with Gasteiger partial charge in [0.25, 0.3) is 0 Å². The Kier molecular flexibility index (Phi) is 3.06. The summed E-state index contributed by atoms with van der Waals surface area (Å²) in [7, 11) is 2.10. The van der Waals surface area contributed by atoms with E-state index in [4.69, 9.17) is 0 Å². The van der Waals surface area contributed by atoms with Gasteiger partial charge in [-0.1, -0.05) is 48.2 Å². The predicted octanol–water partition coefficient (Wildman–Crippen LogP) is 3.07. The third-order valence-electron chi connectivity index (χ3n) is 2.52. The van der Waals surface area contributed by atoms with Gasteiger partial charge in [-0.05, 0) is 11.6 Å². The van der Waals surface area contributed by atoms with E-state index in [0.29, 0.717) is 0 Å². The van der Waals surface area contributed by atoms with Gasteiger partial charge in [-0.25, -0.2) is 0 Å². The lowest BCUT2D eigenvalue weighted by atomic mass is 10.2. The molecule has 1 aromatic carbocycles. The Morgan fingerprint density at radius 2 is 2.00 bits per heavy atom. The maximum absolute atomic E-state index is 3.35. The number of nitrogens with zero attached hydrogens (tertiary/aromatic N) is 1. The van der Waals surface area contributed by atoms with E-state index in [2.05, 4.69) is 42.0 Å². The molecule has 1 heteroatoms. The molecule has 1 aliphatic rings. The van der Waals surface area contributed by atoms with E-state index >= 15 is 0 Å². The highest BCUT2D eigenvalue weighted by atomic mass is 15.1. The van der Waals surface area contributed by atoms with Crippen LogP contribution in [0.15, 0.2) is 53.9 Å². The lowest BCUT2D eigenvalue weighted by molar-refractivity contribution is 0.445. The van der Waals surface area contributed by atoms with Crippen LogP contribution in [0.2, 0.25) is 0 Å². The van der Waals surface area contributed by atoms with Gasteiger partial charge in [0.2, 0.25) is 0 Å². The highest BCUT2D eigenvalue weighted by Gasteiger charge is 2.03. The minimum atomic E-state index is 0.986. The molecule has 76 valence electrons. The summed E-state index contributed by atoms with van der Waals surface area (Å²) >= 11 is 0. The van der Waals surface area contributed by atoms with Gasteiger partial charge in [-0.15, -0.1) is 0 Å². The van der Waals surface area contributed by atoms with Crippen molar-refractivity contribution in [3.63, 3.8) is 0 Å². The fourth-order valence-electron chi connectivity index (χ4n) is 1.58. The van der Waals surface area contributed by atoms with Crippen molar-refractivity contribution < 1.29 is 0 Å². The number of hydrogen-bond donors (Lipinski definition) is 0. The number of benzene rings is 1. The first kappa shape index (κ1) is 9.82. The molecular weight excluding hydrogens is 182 g/mol. The quantitative estimate of drug-likeness (QED) is 0.494. The van der Waals surface area contributed by atoms with Crippen LogP contribution in [-0.2, 0) is 0 Å². The standard InChI is InChI=1S/C14H15N/c1-15-12-6-5-9-14(15)11-10-13-7-3-2-4-8-13/h2-8,10H,9,12H2,1H3. The second kappa shape index (κ2) is 4.68. The van der Waals surface area contributed by atoms with Gasteiger partial charge in [0.05, 0.1) is 5.70 Å². The van der Waals surface area contributed by atoms with Crippen LogP contribution in [0.5, 0.6) is 0 Å². The van der Waals surface area contributed by atoms with E-state index < -0.39 is 0 Å². The van der Waals surface area contributed by atoms with Gasteiger partial charge < -0.3 is 4.90 Å². The molecule has 0 aliphatic carbocycles. The SMILES string of the molecule is CN1CC=CCC1=C=Cc1ccccc1. The molecule has 15 heavy (non-hydrogen) atoms. The minimum Gasteiger partial charge on any atom is -0.368 e. The second-order valence-corrected chi connectivity index (χ2v) is 3.70. The molecule has 1 nitrogen and oxygen atoms in total. The zero-order chi connectivity index (χ0) is 10.5. The molecule has 0 unspecified atom stereocenters. The van der Waals surface area contributed by atoms with Crippen LogP contribution >= 0.6 is 0 Å². The second-order valence-electron chi connectivity index (χ2n) is 3.70. The fraction of sp³-hybridized carbons (Fsp3) is 0.214. The summed E-state index contributed by atoms with van der Waals surface area (Å²) in [5.41, 5.74) is 5.81. The Balaban J connectivity index is 2.22. The third-order valence-corrected chi connectivity index (χ3v) is 2.52. The van der Waals surface area contributed by atoms with Crippen LogP contribution < -0.4 is 0 Å². The van der Waals surface area contributed by atoms with Crippen LogP contribution in [0.1, 0.15) is 12.0 Å². The lowest BCUT2D eigenvalue weighted by Crippen LogP contribution is -2.19. The van der Waals surface area contributed by atoms with Gasteiger partial charge in [-0.2, -0.15) is 0 Å². The highest BCUT2D eigenvalue weighted by Crippen LogP contribution is 2.12. The Bertz CT molecular complexity index is 408. The van der Waals surface area contributed by atoms with E-state index in [0.717, 1.165) is 13.0 Å². The van der Waals surface area contributed by atoms with Crippen molar-refractivity contribution in [2.45, 2.75) is 6.42 Å². The molecule has 0 spiro atoms. The molecule has 0 radical (unpaired) electrons. The first-order valence-corrected chi connectivity index (χ1v) is 5.23. The van der Waals surface area contributed by atoms with Crippen LogP contribution in [0, 0.1) is 0 Å². The number of rotatable bonds is 1. The molecule has 0 fully saturated rings. The molecule has 1 aromatic rings. The summed E-state index contributed by atoms with van der Waals surface area (Å²) in [6, 6.07) is 10.3. The van der Waals surface area contributed by atoms with Gasteiger partial charge >= 0.3 is 0 Å². The molecule has 0 saturated carbocycles. The predicted molar refractivity (Wildman–Crippen MR) is 64.3 cm³/mol. The molecule has 0 aromatic heterocycles. The zero-order valence-electron chi connectivity index (χ0n) is 8.98. The fourth-order valence-corrected chi connectivity index (χ4v) is 1.58. The molecule has 0 bridgehead atoms. The third kappa shape index (κ3) is 2.61. The van der Waals surface area contributed by atoms with Gasteiger partial charge in [0, 0.05) is 20.0 Å². The van der Waals surface area contributed by atoms with E-state index in [1.807, 2.05) is 24.3 Å². The van der Waals surface area contributed by atoms with E-state index in [9.17, 15) is 0 Å². The summed E-state index contributed by atoms with van der Waals surface area (Å²) in [6.07, 6.45) is 7.42. The molecule has 0 N–H and O–H groups in total. The summed E-state index contributed by atoms with van der Waals surface area (Å²) in [6.45, 7) is 0.991. The van der Waals surface area contributed by atoms with Crippen LogP contribution in [0.4, 0.5) is 0 Å². The molecule has 1 aliphatic heterocycles. The van der Waals surface area contributed by atoms with E-state index in [1.54, 1.807) is 0 Å².